The highest BCUT2D eigenvalue weighted by atomic mass is 32.1. The molecule has 2 aliphatic rings. The number of nitrogens with zero attached hydrogens (tertiary/aromatic N) is 3. The zero-order valence-corrected chi connectivity index (χ0v) is 15.4. The summed E-state index contributed by atoms with van der Waals surface area (Å²) in [6.07, 6.45) is 3.85. The molecule has 6 heteroatoms. The van der Waals surface area contributed by atoms with Gasteiger partial charge in [0.2, 0.25) is 0 Å². The Morgan fingerprint density at radius 2 is 2.17 bits per heavy atom. The fraction of sp³-hybridized carbons (Fsp3) is 0.765. The van der Waals surface area contributed by atoms with Gasteiger partial charge in [0.15, 0.2) is 0 Å². The molecule has 1 saturated heterocycles. The van der Waals surface area contributed by atoms with Crippen molar-refractivity contribution in [2.45, 2.75) is 52.1 Å². The summed E-state index contributed by atoms with van der Waals surface area (Å²) in [4.78, 5) is 22.5. The van der Waals surface area contributed by atoms with Gasteiger partial charge in [-0.1, -0.05) is 0 Å². The molecule has 3 rings (SSSR count). The van der Waals surface area contributed by atoms with E-state index >= 15 is 0 Å². The average molecular weight is 337 g/mol. The minimum atomic E-state index is 0.0289. The lowest BCUT2D eigenvalue weighted by atomic mass is 10.2. The van der Waals surface area contributed by atoms with Crippen molar-refractivity contribution in [2.24, 2.45) is 5.92 Å². The summed E-state index contributed by atoms with van der Waals surface area (Å²) >= 11 is 1.68. The molecule has 23 heavy (non-hydrogen) atoms. The predicted molar refractivity (Wildman–Crippen MR) is 93.9 cm³/mol. The van der Waals surface area contributed by atoms with Crippen LogP contribution in [-0.4, -0.2) is 53.5 Å². The van der Waals surface area contributed by atoms with Crippen LogP contribution in [-0.2, 0) is 0 Å². The first-order valence-electron chi connectivity index (χ1n) is 8.63. The van der Waals surface area contributed by atoms with Gasteiger partial charge in [-0.05, 0) is 46.0 Å². The standard InChI is InChI=1S/C17H28N4OS/c1-11-16(23-13(3)18-11)12(2)20(4)17(22)19-15-7-8-21(10-15)9-14-5-6-14/h12,14-15H,5-10H2,1-4H3,(H,19,22)/t12-,15+/m0/s1. The lowest BCUT2D eigenvalue weighted by Gasteiger charge is -2.26. The van der Waals surface area contributed by atoms with Gasteiger partial charge in [-0.3, -0.25) is 0 Å². The topological polar surface area (TPSA) is 48.5 Å². The number of rotatable bonds is 5. The number of hydrogen-bond acceptors (Lipinski definition) is 4. The zero-order valence-electron chi connectivity index (χ0n) is 14.6. The second-order valence-electron chi connectivity index (χ2n) is 7.11. The molecule has 1 saturated carbocycles. The Bertz CT molecular complexity index is 569. The number of nitrogens with one attached hydrogen (secondary N) is 1. The number of thiazole rings is 1. The lowest BCUT2D eigenvalue weighted by Crippen LogP contribution is -2.45. The number of amides is 2. The van der Waals surface area contributed by atoms with E-state index < -0.39 is 0 Å². The van der Waals surface area contributed by atoms with Crippen molar-refractivity contribution in [3.05, 3.63) is 15.6 Å². The Labute approximate surface area is 143 Å². The van der Waals surface area contributed by atoms with E-state index in [1.165, 1.54) is 24.3 Å². The van der Waals surface area contributed by atoms with E-state index in [1.54, 1.807) is 11.3 Å². The first kappa shape index (κ1) is 16.7. The quantitative estimate of drug-likeness (QED) is 0.899. The Morgan fingerprint density at radius 1 is 1.43 bits per heavy atom. The number of carbonyl (C=O) groups is 1. The summed E-state index contributed by atoms with van der Waals surface area (Å²) in [6.45, 7) is 9.46. The molecule has 1 N–H and O–H groups in total. The van der Waals surface area contributed by atoms with E-state index in [1.807, 2.05) is 25.8 Å². The van der Waals surface area contributed by atoms with Gasteiger partial charge < -0.3 is 15.1 Å². The summed E-state index contributed by atoms with van der Waals surface area (Å²) < 4.78 is 0. The highest BCUT2D eigenvalue weighted by Gasteiger charge is 2.31. The molecule has 0 aromatic carbocycles. The molecule has 2 heterocycles. The van der Waals surface area contributed by atoms with E-state index in [9.17, 15) is 4.79 Å². The number of urea groups is 1. The lowest BCUT2D eigenvalue weighted by molar-refractivity contribution is 0.190. The molecular weight excluding hydrogens is 308 g/mol. The first-order chi connectivity index (χ1) is 10.9. The van der Waals surface area contributed by atoms with Gasteiger partial charge in [0.25, 0.3) is 0 Å². The Hall–Kier alpha value is -1.14. The SMILES string of the molecule is Cc1nc(C)c([C@H](C)N(C)C(=O)N[C@@H]2CCN(CC3CC3)C2)s1. The van der Waals surface area contributed by atoms with E-state index in [2.05, 4.69) is 22.1 Å². The van der Waals surface area contributed by atoms with E-state index in [0.717, 1.165) is 36.1 Å². The van der Waals surface area contributed by atoms with Crippen LogP contribution in [0.1, 0.15) is 47.8 Å². The van der Waals surface area contributed by atoms with E-state index in [4.69, 9.17) is 0 Å². The van der Waals surface area contributed by atoms with Gasteiger partial charge in [-0.2, -0.15) is 0 Å². The summed E-state index contributed by atoms with van der Waals surface area (Å²) in [5.41, 5.74) is 1.04. The second kappa shape index (κ2) is 6.77. The van der Waals surface area contributed by atoms with Crippen LogP contribution in [0.5, 0.6) is 0 Å². The molecule has 0 spiro atoms. The Kier molecular flexibility index (Phi) is 4.92. The van der Waals surface area contributed by atoms with Gasteiger partial charge in [0, 0.05) is 37.6 Å². The van der Waals surface area contributed by atoms with Gasteiger partial charge >= 0.3 is 6.03 Å². The molecule has 0 bridgehead atoms. The van der Waals surface area contributed by atoms with E-state index in [0.29, 0.717) is 6.04 Å². The van der Waals surface area contributed by atoms with Gasteiger partial charge in [-0.15, -0.1) is 11.3 Å². The highest BCUT2D eigenvalue weighted by Crippen LogP contribution is 2.31. The largest absolute Gasteiger partial charge is 0.334 e. The minimum absolute atomic E-state index is 0.0289. The third-order valence-electron chi connectivity index (χ3n) is 5.03. The van der Waals surface area contributed by atoms with Gasteiger partial charge in [-0.25, -0.2) is 9.78 Å². The molecule has 1 aromatic rings. The van der Waals surface area contributed by atoms with Crippen LogP contribution in [0.25, 0.3) is 0 Å². The third-order valence-corrected chi connectivity index (χ3v) is 6.28. The minimum Gasteiger partial charge on any atom is -0.334 e. The smallest absolute Gasteiger partial charge is 0.317 e. The highest BCUT2D eigenvalue weighted by molar-refractivity contribution is 7.11. The van der Waals surface area contributed by atoms with Crippen molar-refractivity contribution in [3.8, 4) is 0 Å². The maximum atomic E-state index is 12.6. The summed E-state index contributed by atoms with van der Waals surface area (Å²) in [5, 5.41) is 4.27. The molecule has 1 aliphatic carbocycles. The number of carbonyl (C=O) groups excluding carboxylic acids is 1. The van der Waals surface area contributed by atoms with Crippen LogP contribution in [0.3, 0.4) is 0 Å². The van der Waals surface area contributed by atoms with E-state index in [-0.39, 0.29) is 12.1 Å². The first-order valence-corrected chi connectivity index (χ1v) is 9.45. The molecule has 128 valence electrons. The fourth-order valence-electron chi connectivity index (χ4n) is 3.34. The maximum Gasteiger partial charge on any atom is 0.317 e. The molecule has 0 unspecified atom stereocenters. The van der Waals surface area contributed by atoms with Crippen LogP contribution in [0.15, 0.2) is 0 Å². The van der Waals surface area contributed by atoms with Crippen LogP contribution < -0.4 is 5.32 Å². The van der Waals surface area contributed by atoms with Crippen LogP contribution >= 0.6 is 11.3 Å². The maximum absolute atomic E-state index is 12.6. The van der Waals surface area contributed by atoms with Crippen molar-refractivity contribution in [1.29, 1.82) is 0 Å². The normalized spacial score (nSPS) is 23.0. The molecule has 2 fully saturated rings. The molecule has 2 atom stereocenters. The second-order valence-corrected chi connectivity index (χ2v) is 8.34. The van der Waals surface area contributed by atoms with Crippen molar-refractivity contribution < 1.29 is 4.79 Å². The number of likely N-dealkylation sites (tertiary alicyclic amines) is 1. The molecule has 0 radical (unpaired) electrons. The number of aryl methyl sites for hydroxylation is 2. The fourth-order valence-corrected chi connectivity index (χ4v) is 4.37. The monoisotopic (exact) mass is 336 g/mol. The van der Waals surface area contributed by atoms with Crippen LogP contribution in [0.4, 0.5) is 4.79 Å². The molecule has 2 amide bonds. The number of hydrogen-bond donors (Lipinski definition) is 1. The van der Waals surface area contributed by atoms with Gasteiger partial charge in [0.1, 0.15) is 0 Å². The zero-order chi connectivity index (χ0) is 16.6. The molecule has 1 aromatic heterocycles. The molecule has 5 nitrogen and oxygen atoms in total. The Balaban J connectivity index is 1.52. The predicted octanol–water partition coefficient (Wildman–Crippen LogP) is 2.95. The molecule has 1 aliphatic heterocycles. The van der Waals surface area contributed by atoms with Crippen molar-refractivity contribution in [3.63, 3.8) is 0 Å². The average Bonchev–Trinajstić information content (AvgIpc) is 3.10. The van der Waals surface area contributed by atoms with Crippen molar-refractivity contribution in [1.82, 2.24) is 20.1 Å². The summed E-state index contributed by atoms with van der Waals surface area (Å²) in [6, 6.07) is 0.381. The van der Waals surface area contributed by atoms with Crippen molar-refractivity contribution in [2.75, 3.05) is 26.7 Å². The Morgan fingerprint density at radius 3 is 2.78 bits per heavy atom. The van der Waals surface area contributed by atoms with Crippen molar-refractivity contribution >= 4 is 17.4 Å². The number of aromatic nitrogens is 1. The van der Waals surface area contributed by atoms with Gasteiger partial charge in [0.05, 0.1) is 16.7 Å². The third kappa shape index (κ3) is 4.04. The summed E-state index contributed by atoms with van der Waals surface area (Å²) in [7, 11) is 1.88. The molecular formula is C17H28N4OS. The van der Waals surface area contributed by atoms with Crippen LogP contribution in [0, 0.1) is 19.8 Å². The van der Waals surface area contributed by atoms with Crippen LogP contribution in [0.2, 0.25) is 0 Å². The summed E-state index contributed by atoms with van der Waals surface area (Å²) in [5.74, 6) is 0.921.